The van der Waals surface area contributed by atoms with Gasteiger partial charge in [0.2, 0.25) is 5.88 Å². The molecule has 1 amide bonds. The maximum atomic E-state index is 12.8. The van der Waals surface area contributed by atoms with Crippen LogP contribution in [0.15, 0.2) is 59.5 Å². The summed E-state index contributed by atoms with van der Waals surface area (Å²) in [4.78, 5) is 20.7. The first kappa shape index (κ1) is 25.8. The van der Waals surface area contributed by atoms with Crippen LogP contribution in [-0.4, -0.2) is 45.1 Å². The van der Waals surface area contributed by atoms with Crippen LogP contribution in [0.3, 0.4) is 0 Å². The highest BCUT2D eigenvalue weighted by Crippen LogP contribution is 2.23. The molecule has 35 heavy (non-hydrogen) atoms. The molecule has 0 aliphatic carbocycles. The molecule has 0 aliphatic rings. The SMILES string of the molecule is COc1cc(NS(=O)(=O)c2ccc(NC(=O)c3ccccc3OCCC(C)C)cc2)nc(OC)n1. The molecule has 186 valence electrons. The molecule has 0 atom stereocenters. The molecule has 1 aromatic heterocycles. The molecule has 0 spiro atoms. The number of hydrogen-bond acceptors (Lipinski definition) is 8. The summed E-state index contributed by atoms with van der Waals surface area (Å²) in [5, 5.41) is 2.77. The van der Waals surface area contributed by atoms with Crippen molar-refractivity contribution in [2.24, 2.45) is 5.92 Å². The highest BCUT2D eigenvalue weighted by Gasteiger charge is 2.18. The van der Waals surface area contributed by atoms with Gasteiger partial charge in [0, 0.05) is 11.8 Å². The van der Waals surface area contributed by atoms with Gasteiger partial charge in [-0.15, -0.1) is 0 Å². The molecule has 0 unspecified atom stereocenters. The molecule has 0 aliphatic heterocycles. The molecule has 3 aromatic rings. The summed E-state index contributed by atoms with van der Waals surface area (Å²) in [7, 11) is -1.22. The molecule has 10 nitrogen and oxygen atoms in total. The van der Waals surface area contributed by atoms with E-state index >= 15 is 0 Å². The van der Waals surface area contributed by atoms with E-state index in [9.17, 15) is 13.2 Å². The van der Waals surface area contributed by atoms with E-state index in [1.807, 2.05) is 0 Å². The van der Waals surface area contributed by atoms with Crippen LogP contribution >= 0.6 is 0 Å². The predicted molar refractivity (Wildman–Crippen MR) is 132 cm³/mol. The second kappa shape index (κ2) is 11.5. The van der Waals surface area contributed by atoms with Crippen LogP contribution in [0.4, 0.5) is 11.5 Å². The summed E-state index contributed by atoms with van der Waals surface area (Å²) in [6.45, 7) is 4.71. The number of hydrogen-bond donors (Lipinski definition) is 2. The lowest BCUT2D eigenvalue weighted by molar-refractivity contribution is 0.102. The fraction of sp³-hybridized carbons (Fsp3) is 0.292. The van der Waals surface area contributed by atoms with Crippen LogP contribution in [0, 0.1) is 5.92 Å². The topological polar surface area (TPSA) is 129 Å². The Balaban J connectivity index is 1.71. The molecule has 0 bridgehead atoms. The van der Waals surface area contributed by atoms with Gasteiger partial charge in [-0.25, -0.2) is 8.42 Å². The standard InChI is InChI=1S/C24H28N4O6S/c1-16(2)13-14-34-20-8-6-5-7-19(20)23(29)25-17-9-11-18(12-10-17)35(30,31)28-21-15-22(32-3)27-24(26-21)33-4/h5-12,15-16H,13-14H2,1-4H3,(H,25,29)(H,26,27,28). The minimum Gasteiger partial charge on any atom is -0.493 e. The van der Waals surface area contributed by atoms with Crippen molar-refractivity contribution in [1.29, 1.82) is 0 Å². The van der Waals surface area contributed by atoms with Gasteiger partial charge in [0.05, 0.1) is 31.3 Å². The van der Waals surface area contributed by atoms with E-state index in [0.717, 1.165) is 6.42 Å². The third-order valence-electron chi connectivity index (χ3n) is 4.82. The summed E-state index contributed by atoms with van der Waals surface area (Å²) in [6, 6.07) is 14.0. The van der Waals surface area contributed by atoms with Gasteiger partial charge in [-0.3, -0.25) is 9.52 Å². The van der Waals surface area contributed by atoms with E-state index in [2.05, 4.69) is 33.9 Å². The van der Waals surface area contributed by atoms with E-state index in [0.29, 0.717) is 29.5 Å². The smallest absolute Gasteiger partial charge is 0.321 e. The van der Waals surface area contributed by atoms with Gasteiger partial charge >= 0.3 is 6.01 Å². The fourth-order valence-corrected chi connectivity index (χ4v) is 3.94. The molecular weight excluding hydrogens is 472 g/mol. The molecule has 3 rings (SSSR count). The minimum absolute atomic E-state index is 0.0137. The Morgan fingerprint density at radius 3 is 2.37 bits per heavy atom. The molecule has 1 heterocycles. The van der Waals surface area contributed by atoms with Crippen molar-refractivity contribution < 1.29 is 27.4 Å². The zero-order valence-electron chi connectivity index (χ0n) is 19.9. The van der Waals surface area contributed by atoms with Crippen LogP contribution in [0.25, 0.3) is 0 Å². The third kappa shape index (κ3) is 7.06. The quantitative estimate of drug-likeness (QED) is 0.405. The second-order valence-electron chi connectivity index (χ2n) is 7.89. The van der Waals surface area contributed by atoms with E-state index in [1.165, 1.54) is 44.6 Å². The van der Waals surface area contributed by atoms with E-state index < -0.39 is 10.0 Å². The monoisotopic (exact) mass is 500 g/mol. The number of amides is 1. The largest absolute Gasteiger partial charge is 0.493 e. The Bertz CT molecular complexity index is 1240. The zero-order chi connectivity index (χ0) is 25.4. The van der Waals surface area contributed by atoms with E-state index in [1.54, 1.807) is 24.3 Å². The van der Waals surface area contributed by atoms with Crippen molar-refractivity contribution in [3.8, 4) is 17.6 Å². The van der Waals surface area contributed by atoms with Gasteiger partial charge in [0.15, 0.2) is 5.82 Å². The Kier molecular flexibility index (Phi) is 8.48. The van der Waals surface area contributed by atoms with Gasteiger partial charge in [0.1, 0.15) is 5.75 Å². The summed E-state index contributed by atoms with van der Waals surface area (Å²) >= 11 is 0. The lowest BCUT2D eigenvalue weighted by Gasteiger charge is -2.13. The number of para-hydroxylation sites is 1. The number of rotatable bonds is 11. The molecule has 11 heteroatoms. The second-order valence-corrected chi connectivity index (χ2v) is 9.58. The number of methoxy groups -OCH3 is 2. The van der Waals surface area contributed by atoms with Crippen LogP contribution in [-0.2, 0) is 10.0 Å². The number of sulfonamides is 1. The van der Waals surface area contributed by atoms with Crippen molar-refractivity contribution in [1.82, 2.24) is 9.97 Å². The Hall–Kier alpha value is -3.86. The normalized spacial score (nSPS) is 11.1. The van der Waals surface area contributed by atoms with Crippen LogP contribution in [0.1, 0.15) is 30.6 Å². The first-order chi connectivity index (χ1) is 16.7. The third-order valence-corrected chi connectivity index (χ3v) is 6.19. The Morgan fingerprint density at radius 2 is 1.71 bits per heavy atom. The minimum atomic E-state index is -3.97. The number of aromatic nitrogens is 2. The Morgan fingerprint density at radius 1 is 1.00 bits per heavy atom. The number of nitrogens with one attached hydrogen (secondary N) is 2. The van der Waals surface area contributed by atoms with Crippen molar-refractivity contribution in [2.75, 3.05) is 30.9 Å². The van der Waals surface area contributed by atoms with E-state index in [-0.39, 0.29) is 28.5 Å². The highest BCUT2D eigenvalue weighted by molar-refractivity contribution is 7.92. The van der Waals surface area contributed by atoms with Crippen molar-refractivity contribution >= 4 is 27.4 Å². The van der Waals surface area contributed by atoms with Gasteiger partial charge < -0.3 is 19.5 Å². The number of ether oxygens (including phenoxy) is 3. The van der Waals surface area contributed by atoms with Crippen LogP contribution < -0.4 is 24.2 Å². The zero-order valence-corrected chi connectivity index (χ0v) is 20.8. The molecule has 2 aromatic carbocycles. The Labute approximate surface area is 204 Å². The molecule has 0 saturated carbocycles. The van der Waals surface area contributed by atoms with Gasteiger partial charge in [-0.1, -0.05) is 26.0 Å². The molecule has 0 fully saturated rings. The van der Waals surface area contributed by atoms with Crippen LogP contribution in [0.2, 0.25) is 0 Å². The predicted octanol–water partition coefficient (Wildman–Crippen LogP) is 3.97. The first-order valence-electron chi connectivity index (χ1n) is 10.8. The van der Waals surface area contributed by atoms with Crippen LogP contribution in [0.5, 0.6) is 17.6 Å². The lowest BCUT2D eigenvalue weighted by atomic mass is 10.1. The number of anilines is 2. The van der Waals surface area contributed by atoms with Crippen molar-refractivity contribution in [2.45, 2.75) is 25.2 Å². The van der Waals surface area contributed by atoms with Gasteiger partial charge in [-0.2, -0.15) is 9.97 Å². The maximum absolute atomic E-state index is 12.8. The number of benzene rings is 2. The van der Waals surface area contributed by atoms with Gasteiger partial charge in [0.25, 0.3) is 15.9 Å². The summed E-state index contributed by atoms with van der Waals surface area (Å²) in [5.41, 5.74) is 0.817. The average Bonchev–Trinajstić information content (AvgIpc) is 2.83. The first-order valence-corrected chi connectivity index (χ1v) is 12.3. The summed E-state index contributed by atoms with van der Waals surface area (Å²) < 4.78 is 43.7. The maximum Gasteiger partial charge on any atom is 0.321 e. The lowest BCUT2D eigenvalue weighted by Crippen LogP contribution is -2.16. The summed E-state index contributed by atoms with van der Waals surface area (Å²) in [5.74, 6) is 0.740. The number of nitrogens with zero attached hydrogens (tertiary/aromatic N) is 2. The van der Waals surface area contributed by atoms with Crippen molar-refractivity contribution in [3.05, 3.63) is 60.2 Å². The average molecular weight is 501 g/mol. The van der Waals surface area contributed by atoms with Gasteiger partial charge in [-0.05, 0) is 48.7 Å². The van der Waals surface area contributed by atoms with E-state index in [4.69, 9.17) is 14.2 Å². The molecule has 0 saturated heterocycles. The number of carbonyl (C=O) groups is 1. The fourth-order valence-electron chi connectivity index (χ4n) is 2.95. The van der Waals surface area contributed by atoms with Crippen molar-refractivity contribution in [3.63, 3.8) is 0 Å². The molecule has 2 N–H and O–H groups in total. The summed E-state index contributed by atoms with van der Waals surface area (Å²) in [6.07, 6.45) is 0.870. The number of carbonyl (C=O) groups excluding carboxylic acids is 1. The molecule has 0 radical (unpaired) electrons. The highest BCUT2D eigenvalue weighted by atomic mass is 32.2. The molecular formula is C24H28N4O6S.